The van der Waals surface area contributed by atoms with Gasteiger partial charge in [-0.3, -0.25) is 0 Å². The average Bonchev–Trinajstić information content (AvgIpc) is 2.13. The predicted molar refractivity (Wildman–Crippen MR) is 42.7 cm³/mol. The zero-order valence-electron chi connectivity index (χ0n) is 4.97. The highest BCUT2D eigenvalue weighted by atomic mass is 79.9. The fourth-order valence-electron chi connectivity index (χ4n) is 0.604. The minimum Gasteiger partial charge on any atom is -0.389 e. The number of thiophene rings is 1. The summed E-state index contributed by atoms with van der Waals surface area (Å²) in [6, 6.07) is 1.92. The fraction of sp³-hybridized carbons (Fsp3) is 0.333. The first kappa shape index (κ1) is 7.25. The molecule has 0 saturated heterocycles. The first-order valence-electron chi connectivity index (χ1n) is 2.63. The van der Waals surface area contributed by atoms with Gasteiger partial charge in [0, 0.05) is 5.56 Å². The van der Waals surface area contributed by atoms with E-state index in [4.69, 9.17) is 5.11 Å². The molecule has 1 N–H and O–H groups in total. The summed E-state index contributed by atoms with van der Waals surface area (Å²) in [6.07, 6.45) is -0.356. The molecular formula is C6H7BrOS. The molecule has 0 spiro atoms. The number of halogens is 1. The second kappa shape index (κ2) is 2.82. The van der Waals surface area contributed by atoms with Crippen LogP contribution in [0.1, 0.15) is 18.6 Å². The van der Waals surface area contributed by atoms with Crippen molar-refractivity contribution in [3.63, 3.8) is 0 Å². The van der Waals surface area contributed by atoms with E-state index in [1.54, 1.807) is 18.3 Å². The van der Waals surface area contributed by atoms with Gasteiger partial charge >= 0.3 is 0 Å². The van der Waals surface area contributed by atoms with Crippen LogP contribution in [0.2, 0.25) is 0 Å². The van der Waals surface area contributed by atoms with Gasteiger partial charge in [0.2, 0.25) is 0 Å². The van der Waals surface area contributed by atoms with E-state index in [-0.39, 0.29) is 6.10 Å². The van der Waals surface area contributed by atoms with E-state index in [0.717, 1.165) is 9.35 Å². The number of hydrogen-bond donors (Lipinski definition) is 1. The zero-order valence-corrected chi connectivity index (χ0v) is 7.37. The second-order valence-electron chi connectivity index (χ2n) is 1.83. The van der Waals surface area contributed by atoms with E-state index < -0.39 is 0 Å². The quantitative estimate of drug-likeness (QED) is 0.750. The van der Waals surface area contributed by atoms with Gasteiger partial charge in [-0.15, -0.1) is 11.3 Å². The van der Waals surface area contributed by atoms with Crippen LogP contribution in [0.25, 0.3) is 0 Å². The molecule has 1 heterocycles. The highest BCUT2D eigenvalue weighted by Crippen LogP contribution is 2.28. The van der Waals surface area contributed by atoms with Crippen LogP contribution < -0.4 is 0 Å². The third kappa shape index (κ3) is 1.53. The Bertz CT molecular complexity index is 195. The van der Waals surface area contributed by atoms with Gasteiger partial charge in [-0.25, -0.2) is 0 Å². The van der Waals surface area contributed by atoms with Gasteiger partial charge in [-0.05, 0) is 34.3 Å². The molecule has 0 aromatic carbocycles. The van der Waals surface area contributed by atoms with E-state index in [2.05, 4.69) is 15.9 Å². The lowest BCUT2D eigenvalue weighted by molar-refractivity contribution is 0.199. The smallest absolute Gasteiger partial charge is 0.0781 e. The lowest BCUT2D eigenvalue weighted by Gasteiger charge is -1.99. The van der Waals surface area contributed by atoms with E-state index >= 15 is 0 Å². The maximum absolute atomic E-state index is 9.07. The van der Waals surface area contributed by atoms with Crippen molar-refractivity contribution in [2.24, 2.45) is 0 Å². The molecule has 0 fully saturated rings. The summed E-state index contributed by atoms with van der Waals surface area (Å²) in [6.45, 7) is 1.76. The normalized spacial score (nSPS) is 13.7. The van der Waals surface area contributed by atoms with Crippen LogP contribution in [-0.4, -0.2) is 5.11 Å². The summed E-state index contributed by atoms with van der Waals surface area (Å²) in [7, 11) is 0. The van der Waals surface area contributed by atoms with Crippen molar-refractivity contribution < 1.29 is 5.11 Å². The Labute approximate surface area is 66.5 Å². The molecule has 9 heavy (non-hydrogen) atoms. The van der Waals surface area contributed by atoms with Gasteiger partial charge < -0.3 is 5.11 Å². The van der Waals surface area contributed by atoms with Gasteiger partial charge in [0.25, 0.3) is 0 Å². The molecule has 0 saturated carbocycles. The molecule has 1 rings (SSSR count). The lowest BCUT2D eigenvalue weighted by atomic mass is 10.2. The first-order valence-corrected chi connectivity index (χ1v) is 4.30. The van der Waals surface area contributed by atoms with E-state index in [0.29, 0.717) is 0 Å². The number of hydrogen-bond acceptors (Lipinski definition) is 2. The standard InChI is InChI=1S/C6H7BrOS/c1-4(8)5-2-3-9-6(5)7/h2-4,8H,1H3/t4-/m0/s1. The summed E-state index contributed by atoms with van der Waals surface area (Å²) >= 11 is 4.91. The van der Waals surface area contributed by atoms with E-state index in [1.807, 2.05) is 11.4 Å². The van der Waals surface area contributed by atoms with Crippen molar-refractivity contribution in [3.05, 3.63) is 20.8 Å². The van der Waals surface area contributed by atoms with Crippen molar-refractivity contribution in [2.75, 3.05) is 0 Å². The molecule has 1 aromatic rings. The molecule has 1 aromatic heterocycles. The minimum absolute atomic E-state index is 0.356. The monoisotopic (exact) mass is 206 g/mol. The molecule has 0 bridgehead atoms. The molecule has 0 aliphatic rings. The van der Waals surface area contributed by atoms with Gasteiger partial charge in [0.15, 0.2) is 0 Å². The van der Waals surface area contributed by atoms with Gasteiger partial charge in [-0.1, -0.05) is 0 Å². The van der Waals surface area contributed by atoms with Crippen molar-refractivity contribution in [1.29, 1.82) is 0 Å². The third-order valence-electron chi connectivity index (χ3n) is 1.10. The molecule has 3 heteroatoms. The molecule has 50 valence electrons. The Morgan fingerprint density at radius 1 is 1.78 bits per heavy atom. The summed E-state index contributed by atoms with van der Waals surface area (Å²) in [5.41, 5.74) is 0.972. The van der Waals surface area contributed by atoms with Crippen LogP contribution in [0.3, 0.4) is 0 Å². The summed E-state index contributed by atoms with van der Waals surface area (Å²) in [5, 5.41) is 11.0. The molecule has 1 atom stereocenters. The van der Waals surface area contributed by atoms with Gasteiger partial charge in [-0.2, -0.15) is 0 Å². The Morgan fingerprint density at radius 3 is 2.67 bits per heavy atom. The summed E-state index contributed by atoms with van der Waals surface area (Å²) in [5.74, 6) is 0. The first-order chi connectivity index (χ1) is 4.22. The van der Waals surface area contributed by atoms with Crippen molar-refractivity contribution in [1.82, 2.24) is 0 Å². The topological polar surface area (TPSA) is 20.2 Å². The highest BCUT2D eigenvalue weighted by Gasteiger charge is 2.04. The lowest BCUT2D eigenvalue weighted by Crippen LogP contribution is -1.86. The predicted octanol–water partition coefficient (Wildman–Crippen LogP) is 2.56. The molecule has 0 aliphatic carbocycles. The number of aliphatic hydroxyl groups is 1. The maximum atomic E-state index is 9.07. The molecular weight excluding hydrogens is 200 g/mol. The van der Waals surface area contributed by atoms with Crippen molar-refractivity contribution in [3.8, 4) is 0 Å². The Kier molecular flexibility index (Phi) is 2.27. The van der Waals surface area contributed by atoms with E-state index in [9.17, 15) is 0 Å². The molecule has 0 radical (unpaired) electrons. The van der Waals surface area contributed by atoms with Gasteiger partial charge in [0.1, 0.15) is 0 Å². The molecule has 0 aliphatic heterocycles. The molecule has 0 unspecified atom stereocenters. The Hall–Kier alpha value is 0.140. The van der Waals surface area contributed by atoms with Crippen LogP contribution in [0.15, 0.2) is 15.2 Å². The second-order valence-corrected chi connectivity index (χ2v) is 4.06. The van der Waals surface area contributed by atoms with Gasteiger partial charge in [0.05, 0.1) is 9.89 Å². The van der Waals surface area contributed by atoms with Crippen LogP contribution in [-0.2, 0) is 0 Å². The summed E-state index contributed by atoms with van der Waals surface area (Å²) in [4.78, 5) is 0. The largest absolute Gasteiger partial charge is 0.389 e. The van der Waals surface area contributed by atoms with Crippen LogP contribution in [0, 0.1) is 0 Å². The van der Waals surface area contributed by atoms with Crippen LogP contribution in [0.5, 0.6) is 0 Å². The maximum Gasteiger partial charge on any atom is 0.0781 e. The third-order valence-corrected chi connectivity index (χ3v) is 2.83. The van der Waals surface area contributed by atoms with Crippen LogP contribution in [0.4, 0.5) is 0 Å². The minimum atomic E-state index is -0.356. The van der Waals surface area contributed by atoms with Crippen molar-refractivity contribution in [2.45, 2.75) is 13.0 Å². The van der Waals surface area contributed by atoms with Crippen LogP contribution >= 0.6 is 27.3 Å². The fourth-order valence-corrected chi connectivity index (χ4v) is 2.10. The SMILES string of the molecule is C[C@H](O)c1ccsc1Br. The average molecular weight is 207 g/mol. The van der Waals surface area contributed by atoms with Crippen molar-refractivity contribution >= 4 is 27.3 Å². The molecule has 0 amide bonds. The zero-order chi connectivity index (χ0) is 6.85. The van der Waals surface area contributed by atoms with E-state index in [1.165, 1.54) is 0 Å². The highest BCUT2D eigenvalue weighted by molar-refractivity contribution is 9.11. The molecule has 1 nitrogen and oxygen atoms in total. The Morgan fingerprint density at radius 2 is 2.44 bits per heavy atom. The summed E-state index contributed by atoms with van der Waals surface area (Å²) < 4.78 is 1.03. The Balaban J connectivity index is 2.94. The number of aliphatic hydroxyl groups excluding tert-OH is 1. The number of rotatable bonds is 1.